The van der Waals surface area contributed by atoms with Crippen LogP contribution in [0.15, 0.2) is 12.1 Å². The first-order chi connectivity index (χ1) is 7.44. The van der Waals surface area contributed by atoms with Crippen LogP contribution in [0.2, 0.25) is 5.15 Å². The number of nitrogens with one attached hydrogen (secondary N) is 1. The maximum Gasteiger partial charge on any atom is 0.152 e. The van der Waals surface area contributed by atoms with Crippen LogP contribution in [0.1, 0.15) is 12.0 Å². The molecule has 1 aromatic heterocycles. The van der Waals surface area contributed by atoms with Crippen LogP contribution in [0.4, 0.5) is 5.82 Å². The van der Waals surface area contributed by atoms with E-state index in [1.54, 1.807) is 6.07 Å². The molecule has 88 valence electrons. The number of pyridine rings is 1. The third-order valence-corrected chi connectivity index (χ3v) is 4.48. The van der Waals surface area contributed by atoms with Crippen molar-refractivity contribution in [1.29, 1.82) is 0 Å². The van der Waals surface area contributed by atoms with Gasteiger partial charge in [0.25, 0.3) is 0 Å². The Bertz CT molecular complexity index is 481. The first-order valence-corrected chi connectivity index (χ1v) is 7.26. The van der Waals surface area contributed by atoms with Gasteiger partial charge in [-0.15, -0.1) is 0 Å². The number of anilines is 1. The van der Waals surface area contributed by atoms with Gasteiger partial charge in [0.05, 0.1) is 11.5 Å². The minimum absolute atomic E-state index is 0.0460. The molecule has 0 spiro atoms. The Kier molecular flexibility index (Phi) is 3.08. The normalized spacial score (nSPS) is 23.2. The molecule has 1 fully saturated rings. The second-order valence-corrected chi connectivity index (χ2v) is 6.71. The maximum atomic E-state index is 11.3. The van der Waals surface area contributed by atoms with E-state index in [9.17, 15) is 8.42 Å². The summed E-state index contributed by atoms with van der Waals surface area (Å²) in [5.41, 5.74) is 1.00. The summed E-state index contributed by atoms with van der Waals surface area (Å²) in [6.07, 6.45) is 0.634. The number of hydrogen-bond acceptors (Lipinski definition) is 4. The summed E-state index contributed by atoms with van der Waals surface area (Å²) in [6.45, 7) is 1.92. The van der Waals surface area contributed by atoms with Crippen molar-refractivity contribution in [2.24, 2.45) is 0 Å². The van der Waals surface area contributed by atoms with Gasteiger partial charge in [0.15, 0.2) is 9.84 Å². The number of sulfone groups is 1. The maximum absolute atomic E-state index is 11.3. The van der Waals surface area contributed by atoms with Gasteiger partial charge in [0.2, 0.25) is 0 Å². The molecule has 1 N–H and O–H groups in total. The molecule has 1 aliphatic heterocycles. The summed E-state index contributed by atoms with van der Waals surface area (Å²) in [4.78, 5) is 4.10. The van der Waals surface area contributed by atoms with Gasteiger partial charge in [0.1, 0.15) is 11.0 Å². The van der Waals surface area contributed by atoms with Crippen LogP contribution in [-0.4, -0.2) is 30.9 Å². The average Bonchev–Trinajstić information content (AvgIpc) is 2.43. The van der Waals surface area contributed by atoms with E-state index in [-0.39, 0.29) is 17.5 Å². The standard InChI is InChI=1S/C10H13ClN2O2S/c1-7-4-9(11)13-10(5-7)12-8-2-3-16(14,15)6-8/h4-5,8H,2-3,6H2,1H3,(H,12,13). The Morgan fingerprint density at radius 1 is 1.50 bits per heavy atom. The first kappa shape index (κ1) is 11.7. The molecule has 1 aliphatic rings. The van der Waals surface area contributed by atoms with Gasteiger partial charge >= 0.3 is 0 Å². The van der Waals surface area contributed by atoms with Crippen molar-refractivity contribution < 1.29 is 8.42 Å². The number of aryl methyl sites for hydroxylation is 1. The highest BCUT2D eigenvalue weighted by molar-refractivity contribution is 7.91. The van der Waals surface area contributed by atoms with Gasteiger partial charge in [0, 0.05) is 6.04 Å². The molecule has 1 atom stereocenters. The monoisotopic (exact) mass is 260 g/mol. The van der Waals surface area contributed by atoms with E-state index in [2.05, 4.69) is 10.3 Å². The molecule has 0 radical (unpaired) electrons. The summed E-state index contributed by atoms with van der Waals surface area (Å²) in [7, 11) is -2.86. The van der Waals surface area contributed by atoms with Gasteiger partial charge in [-0.05, 0) is 31.0 Å². The van der Waals surface area contributed by atoms with Gasteiger partial charge in [-0.2, -0.15) is 0 Å². The summed E-state index contributed by atoms with van der Waals surface area (Å²) < 4.78 is 22.6. The lowest BCUT2D eigenvalue weighted by Gasteiger charge is -2.12. The molecule has 0 saturated carbocycles. The molecule has 6 heteroatoms. The minimum atomic E-state index is -2.86. The zero-order chi connectivity index (χ0) is 11.8. The van der Waals surface area contributed by atoms with Crippen molar-refractivity contribution in [3.05, 3.63) is 22.8 Å². The molecular formula is C10H13ClN2O2S. The van der Waals surface area contributed by atoms with Crippen molar-refractivity contribution in [2.45, 2.75) is 19.4 Å². The smallest absolute Gasteiger partial charge is 0.152 e. The van der Waals surface area contributed by atoms with E-state index < -0.39 is 9.84 Å². The van der Waals surface area contributed by atoms with Crippen LogP contribution in [0.5, 0.6) is 0 Å². The lowest BCUT2D eigenvalue weighted by Crippen LogP contribution is -2.21. The van der Waals surface area contributed by atoms with E-state index in [1.165, 1.54) is 0 Å². The molecule has 1 aromatic rings. The van der Waals surface area contributed by atoms with E-state index >= 15 is 0 Å². The third kappa shape index (κ3) is 2.86. The first-order valence-electron chi connectivity index (χ1n) is 5.06. The topological polar surface area (TPSA) is 59.1 Å². The van der Waals surface area contributed by atoms with Crippen molar-refractivity contribution in [1.82, 2.24) is 4.98 Å². The molecule has 1 unspecified atom stereocenters. The number of hydrogen-bond donors (Lipinski definition) is 1. The lowest BCUT2D eigenvalue weighted by atomic mass is 10.2. The Balaban J connectivity index is 2.10. The predicted octanol–water partition coefficient (Wildman–Crippen LogP) is 1.64. The van der Waals surface area contributed by atoms with Crippen molar-refractivity contribution in [3.8, 4) is 0 Å². The van der Waals surface area contributed by atoms with Crippen LogP contribution in [0.3, 0.4) is 0 Å². The van der Waals surface area contributed by atoms with Crippen LogP contribution in [0, 0.1) is 6.92 Å². The molecule has 2 rings (SSSR count). The van der Waals surface area contributed by atoms with Gasteiger partial charge in [-0.3, -0.25) is 0 Å². The average molecular weight is 261 g/mol. The summed E-state index contributed by atoms with van der Waals surface area (Å²) >= 11 is 5.82. The predicted molar refractivity (Wildman–Crippen MR) is 64.7 cm³/mol. The van der Waals surface area contributed by atoms with Crippen LogP contribution < -0.4 is 5.32 Å². The largest absolute Gasteiger partial charge is 0.366 e. The molecular weight excluding hydrogens is 248 g/mol. The van der Waals surface area contributed by atoms with Gasteiger partial charge in [-0.1, -0.05) is 11.6 Å². The summed E-state index contributed by atoms with van der Waals surface area (Å²) in [5.74, 6) is 1.08. The summed E-state index contributed by atoms with van der Waals surface area (Å²) in [5, 5.41) is 3.52. The van der Waals surface area contributed by atoms with Crippen LogP contribution >= 0.6 is 11.6 Å². The Hall–Kier alpha value is -0.810. The second-order valence-electron chi connectivity index (χ2n) is 4.10. The molecule has 16 heavy (non-hydrogen) atoms. The van der Waals surface area contributed by atoms with E-state index in [0.29, 0.717) is 17.4 Å². The number of rotatable bonds is 2. The Morgan fingerprint density at radius 3 is 2.81 bits per heavy atom. The Morgan fingerprint density at radius 2 is 2.25 bits per heavy atom. The number of aromatic nitrogens is 1. The fraction of sp³-hybridized carbons (Fsp3) is 0.500. The highest BCUT2D eigenvalue weighted by atomic mass is 35.5. The van der Waals surface area contributed by atoms with E-state index in [1.807, 2.05) is 13.0 Å². The molecule has 4 nitrogen and oxygen atoms in total. The van der Waals surface area contributed by atoms with Crippen molar-refractivity contribution >= 4 is 27.3 Å². The summed E-state index contributed by atoms with van der Waals surface area (Å²) in [6, 6.07) is 3.57. The molecule has 1 saturated heterocycles. The van der Waals surface area contributed by atoms with Gasteiger partial charge in [-0.25, -0.2) is 13.4 Å². The fourth-order valence-corrected chi connectivity index (χ4v) is 3.75. The molecule has 0 aliphatic carbocycles. The number of nitrogens with zero attached hydrogens (tertiary/aromatic N) is 1. The molecule has 2 heterocycles. The highest BCUT2D eigenvalue weighted by Crippen LogP contribution is 2.19. The van der Waals surface area contributed by atoms with Gasteiger partial charge < -0.3 is 5.32 Å². The highest BCUT2D eigenvalue weighted by Gasteiger charge is 2.27. The van der Waals surface area contributed by atoms with E-state index in [4.69, 9.17) is 11.6 Å². The fourth-order valence-electron chi connectivity index (χ4n) is 1.82. The van der Waals surface area contributed by atoms with E-state index in [0.717, 1.165) is 5.56 Å². The second kappa shape index (κ2) is 4.22. The molecule has 0 bridgehead atoms. The molecule has 0 amide bonds. The zero-order valence-electron chi connectivity index (χ0n) is 8.90. The molecule has 0 aromatic carbocycles. The van der Waals surface area contributed by atoms with Crippen molar-refractivity contribution in [3.63, 3.8) is 0 Å². The van der Waals surface area contributed by atoms with Crippen LogP contribution in [-0.2, 0) is 9.84 Å². The SMILES string of the molecule is Cc1cc(Cl)nc(NC2CCS(=O)(=O)C2)c1. The van der Waals surface area contributed by atoms with Crippen molar-refractivity contribution in [2.75, 3.05) is 16.8 Å². The zero-order valence-corrected chi connectivity index (χ0v) is 10.5. The third-order valence-electron chi connectivity index (χ3n) is 2.52. The quantitative estimate of drug-likeness (QED) is 0.822. The van der Waals surface area contributed by atoms with Crippen LogP contribution in [0.25, 0.3) is 0 Å². The lowest BCUT2D eigenvalue weighted by molar-refractivity contribution is 0.602. The minimum Gasteiger partial charge on any atom is -0.366 e. The Labute approximate surface area is 99.9 Å². The number of halogens is 1.